The highest BCUT2D eigenvalue weighted by molar-refractivity contribution is 6.32. The van der Waals surface area contributed by atoms with Gasteiger partial charge in [0.1, 0.15) is 20.5 Å². The Morgan fingerprint density at radius 2 is 1.58 bits per heavy atom. The number of aromatic nitrogens is 3. The topological polar surface area (TPSA) is 30.7 Å². The fourth-order valence-corrected chi connectivity index (χ4v) is 0.980. The first-order chi connectivity index (χ1) is 5.86. The van der Waals surface area contributed by atoms with Gasteiger partial charge >= 0.3 is 0 Å². The lowest BCUT2D eigenvalue weighted by atomic mass is 9.96. The number of nitrogens with zero attached hydrogens (tertiary/aromatic N) is 3. The van der Waals surface area contributed by atoms with E-state index in [0.717, 1.165) is 11.2 Å². The van der Waals surface area contributed by atoms with Crippen LogP contribution in [0.3, 0.4) is 0 Å². The predicted molar refractivity (Wildman–Crippen MR) is 46.7 cm³/mol. The molecule has 0 N–H and O–H groups in total. The van der Waals surface area contributed by atoms with Crippen LogP contribution < -0.4 is 5.46 Å². The first kappa shape index (κ1) is 7.09. The highest BCUT2D eigenvalue weighted by Gasteiger charge is 1.93. The predicted octanol–water partition coefficient (Wildman–Crippen LogP) is 0.0611. The first-order valence-electron chi connectivity index (χ1n) is 3.57. The van der Waals surface area contributed by atoms with Gasteiger partial charge in [0.15, 0.2) is 0 Å². The summed E-state index contributed by atoms with van der Waals surface area (Å²) in [6.45, 7) is 0. The zero-order valence-electron chi connectivity index (χ0n) is 6.38. The van der Waals surface area contributed by atoms with E-state index in [1.54, 1.807) is 12.7 Å². The highest BCUT2D eigenvalue weighted by atomic mass is 15.2. The Morgan fingerprint density at radius 3 is 2.17 bits per heavy atom. The van der Waals surface area contributed by atoms with Gasteiger partial charge in [-0.15, -0.1) is 10.2 Å². The van der Waals surface area contributed by atoms with E-state index in [-0.39, 0.29) is 0 Å². The van der Waals surface area contributed by atoms with Crippen molar-refractivity contribution in [1.82, 2.24) is 14.8 Å². The van der Waals surface area contributed by atoms with E-state index < -0.39 is 0 Å². The zero-order valence-corrected chi connectivity index (χ0v) is 6.38. The third-order valence-electron chi connectivity index (χ3n) is 1.61. The van der Waals surface area contributed by atoms with Gasteiger partial charge < -0.3 is 0 Å². The second-order valence-electron chi connectivity index (χ2n) is 2.46. The van der Waals surface area contributed by atoms with E-state index in [4.69, 9.17) is 7.85 Å². The lowest BCUT2D eigenvalue weighted by Crippen LogP contribution is -2.01. The molecule has 2 radical (unpaired) electrons. The average Bonchev–Trinajstić information content (AvgIpc) is 2.58. The van der Waals surface area contributed by atoms with Crippen molar-refractivity contribution in [3.05, 3.63) is 36.9 Å². The van der Waals surface area contributed by atoms with E-state index >= 15 is 0 Å². The van der Waals surface area contributed by atoms with Crippen LogP contribution in [0.4, 0.5) is 0 Å². The van der Waals surface area contributed by atoms with Gasteiger partial charge in [0.05, 0.1) is 0 Å². The van der Waals surface area contributed by atoms with Crippen LogP contribution >= 0.6 is 0 Å². The SMILES string of the molecule is [B]c1ccc(-n2cnnc2)cc1. The summed E-state index contributed by atoms with van der Waals surface area (Å²) in [5.41, 5.74) is 1.76. The summed E-state index contributed by atoms with van der Waals surface area (Å²) in [5, 5.41) is 7.41. The van der Waals surface area contributed by atoms with E-state index in [1.807, 2.05) is 28.8 Å². The van der Waals surface area contributed by atoms with E-state index in [2.05, 4.69) is 10.2 Å². The lowest BCUT2D eigenvalue weighted by molar-refractivity contribution is 1.06. The van der Waals surface area contributed by atoms with Crippen LogP contribution in [0.25, 0.3) is 5.69 Å². The molecule has 4 heteroatoms. The minimum atomic E-state index is 0.756. The fourth-order valence-electron chi connectivity index (χ4n) is 0.980. The molecule has 2 aromatic rings. The third-order valence-corrected chi connectivity index (χ3v) is 1.61. The smallest absolute Gasteiger partial charge is 0.123 e. The summed E-state index contributed by atoms with van der Waals surface area (Å²) in [4.78, 5) is 0. The van der Waals surface area contributed by atoms with Gasteiger partial charge in [-0.1, -0.05) is 17.6 Å². The molecule has 1 aromatic carbocycles. The molecule has 0 aliphatic heterocycles. The van der Waals surface area contributed by atoms with Gasteiger partial charge in [0.2, 0.25) is 0 Å². The van der Waals surface area contributed by atoms with Gasteiger partial charge in [-0.3, -0.25) is 4.57 Å². The van der Waals surface area contributed by atoms with E-state index in [1.165, 1.54) is 0 Å². The van der Waals surface area contributed by atoms with Crippen molar-refractivity contribution in [2.75, 3.05) is 0 Å². The van der Waals surface area contributed by atoms with Crippen LogP contribution in [0.5, 0.6) is 0 Å². The first-order valence-corrected chi connectivity index (χ1v) is 3.57. The molecule has 3 nitrogen and oxygen atoms in total. The number of benzene rings is 1. The average molecular weight is 155 g/mol. The Morgan fingerprint density at radius 1 is 1.00 bits per heavy atom. The molecule has 1 heterocycles. The second kappa shape index (κ2) is 2.81. The molecule has 0 saturated heterocycles. The van der Waals surface area contributed by atoms with Gasteiger partial charge in [0, 0.05) is 5.69 Å². The van der Waals surface area contributed by atoms with Crippen molar-refractivity contribution >= 4 is 13.3 Å². The molecule has 0 saturated carbocycles. The van der Waals surface area contributed by atoms with Gasteiger partial charge in [-0.2, -0.15) is 0 Å². The number of rotatable bonds is 1. The third kappa shape index (κ3) is 1.23. The van der Waals surface area contributed by atoms with Crippen molar-refractivity contribution in [2.24, 2.45) is 0 Å². The summed E-state index contributed by atoms with van der Waals surface area (Å²) in [6, 6.07) is 7.52. The van der Waals surface area contributed by atoms with Crippen molar-refractivity contribution in [3.8, 4) is 5.69 Å². The Hall–Kier alpha value is -1.58. The normalized spacial score (nSPS) is 10.0. The summed E-state index contributed by atoms with van der Waals surface area (Å²) < 4.78 is 1.82. The molecule has 2 rings (SSSR count). The van der Waals surface area contributed by atoms with Crippen molar-refractivity contribution in [2.45, 2.75) is 0 Å². The molecule has 0 atom stereocenters. The van der Waals surface area contributed by atoms with E-state index in [0.29, 0.717) is 0 Å². The van der Waals surface area contributed by atoms with E-state index in [9.17, 15) is 0 Å². The van der Waals surface area contributed by atoms with Crippen molar-refractivity contribution in [3.63, 3.8) is 0 Å². The highest BCUT2D eigenvalue weighted by Crippen LogP contribution is 2.02. The molecule has 0 fully saturated rings. The molecular weight excluding hydrogens is 149 g/mol. The Balaban J connectivity index is 2.43. The van der Waals surface area contributed by atoms with Crippen molar-refractivity contribution < 1.29 is 0 Å². The Kier molecular flexibility index (Phi) is 1.66. The van der Waals surface area contributed by atoms with Crippen LogP contribution in [0.1, 0.15) is 0 Å². The van der Waals surface area contributed by atoms with Crippen LogP contribution in [0.2, 0.25) is 0 Å². The summed E-state index contributed by atoms with van der Waals surface area (Å²) in [5.74, 6) is 0. The largest absolute Gasteiger partial charge is 0.288 e. The van der Waals surface area contributed by atoms with Crippen molar-refractivity contribution in [1.29, 1.82) is 0 Å². The molecule has 0 bridgehead atoms. The van der Waals surface area contributed by atoms with Crippen LogP contribution in [0, 0.1) is 0 Å². The molecular formula is C8H6BN3. The number of hydrogen-bond acceptors (Lipinski definition) is 2. The molecule has 0 amide bonds. The molecule has 56 valence electrons. The maximum atomic E-state index is 5.54. The van der Waals surface area contributed by atoms with Crippen LogP contribution in [0.15, 0.2) is 36.9 Å². The molecule has 12 heavy (non-hydrogen) atoms. The quantitative estimate of drug-likeness (QED) is 0.545. The summed E-state index contributed by atoms with van der Waals surface area (Å²) >= 11 is 0. The van der Waals surface area contributed by atoms with Crippen LogP contribution in [-0.4, -0.2) is 22.6 Å². The molecule has 0 unspecified atom stereocenters. The maximum absolute atomic E-state index is 5.54. The summed E-state index contributed by atoms with van der Waals surface area (Å²) in [6.07, 6.45) is 3.29. The molecule has 1 aromatic heterocycles. The standard InChI is InChI=1S/C8H6BN3/c9-7-1-3-8(4-2-7)12-5-10-11-6-12/h1-6H. The Labute approximate surface area is 71.5 Å². The second-order valence-corrected chi connectivity index (χ2v) is 2.46. The lowest BCUT2D eigenvalue weighted by Gasteiger charge is -1.99. The zero-order chi connectivity index (χ0) is 8.39. The monoisotopic (exact) mass is 155 g/mol. The molecule has 0 aliphatic carbocycles. The Bertz CT molecular complexity index is 352. The molecule has 0 aliphatic rings. The van der Waals surface area contributed by atoms with Crippen LogP contribution in [-0.2, 0) is 0 Å². The minimum Gasteiger partial charge on any atom is -0.288 e. The molecule has 0 spiro atoms. The maximum Gasteiger partial charge on any atom is 0.123 e. The fraction of sp³-hybridized carbons (Fsp3) is 0. The summed E-state index contributed by atoms with van der Waals surface area (Å²) in [7, 11) is 5.54. The van der Waals surface area contributed by atoms with Gasteiger partial charge in [-0.05, 0) is 12.1 Å². The van der Waals surface area contributed by atoms with Gasteiger partial charge in [-0.25, -0.2) is 0 Å². The number of hydrogen-bond donors (Lipinski definition) is 0. The minimum absolute atomic E-state index is 0.756. The van der Waals surface area contributed by atoms with Gasteiger partial charge in [0.25, 0.3) is 0 Å².